The largest absolute Gasteiger partial charge is 0.486 e. The summed E-state index contributed by atoms with van der Waals surface area (Å²) in [5.74, 6) is 0. The highest BCUT2D eigenvalue weighted by molar-refractivity contribution is 7.02. The van der Waals surface area contributed by atoms with Crippen molar-refractivity contribution >= 4 is 70.2 Å². The minimum atomic E-state index is -4.28. The first-order valence-corrected chi connectivity index (χ1v) is 42.9. The van der Waals surface area contributed by atoms with Gasteiger partial charge < -0.3 is 50.1 Å². The molecule has 4 atom stereocenters. The van der Waals surface area contributed by atoms with Crippen LogP contribution in [0.25, 0.3) is 0 Å². The SMILES string of the molecule is C[Si]1(C)O[Si]2(C3CCCCC3)O[Si]3(C4CCCCC4)O[Si](O)(C4CCCCC4)O[Si]4(C5CCCCC5)O[Si](C5CCCCC5)(O1)O[Si](C1CCCCC1)(O2)O[Si](C1CCCCC1)(O3)O4. The molecule has 0 aromatic carbocycles. The van der Waals surface area contributed by atoms with Crippen molar-refractivity contribution in [3.63, 3.8) is 0 Å². The van der Waals surface area contributed by atoms with Crippen LogP contribution in [0.3, 0.4) is 0 Å². The Morgan fingerprint density at radius 3 is 0.625 bits per heavy atom. The second-order valence-corrected chi connectivity index (χ2v) is 49.1. The van der Waals surface area contributed by atoms with Crippen LogP contribution in [-0.2, 0) is 45.3 Å². The lowest BCUT2D eigenvalue weighted by Gasteiger charge is -2.65. The molecular weight excluding hydrogens is 945 g/mol. The standard InChI is InChI=1S/C44H84O12Si8/c1-57(2)46-59(39-26-12-4-13-27-39)50-61(41-30-16-6-17-31-41)48-58(45,38-24-10-3-11-25-38)49-62(42-32-18-7-19-33-42)51-60(47-57,40-28-14-5-15-29-40)53-63(52-59,43-34-20-8-21-35-43)56-64(54-61,55-62)44-36-22-9-23-37-44/h38-45H,3-37H2,1-2H3. The fraction of sp³-hybridized carbons (Fsp3) is 1.00. The Hall–Kier alpha value is 1.26. The molecule has 7 aliphatic carbocycles. The molecule has 0 amide bonds. The molecule has 0 aromatic rings. The van der Waals surface area contributed by atoms with Crippen LogP contribution in [0, 0.1) is 0 Å². The highest BCUT2D eigenvalue weighted by atomic mass is 28.6. The zero-order chi connectivity index (χ0) is 43.6. The van der Waals surface area contributed by atoms with Gasteiger partial charge in [-0.3, -0.25) is 0 Å². The second-order valence-electron chi connectivity index (χ2n) is 23.1. The van der Waals surface area contributed by atoms with E-state index in [4.69, 9.17) is 45.3 Å². The van der Waals surface area contributed by atoms with Gasteiger partial charge in [0.25, 0.3) is 0 Å². The Balaban J connectivity index is 1.23. The maximum Gasteiger partial charge on any atom is 0.486 e. The van der Waals surface area contributed by atoms with Crippen molar-refractivity contribution < 1.29 is 50.1 Å². The monoisotopic (exact) mass is 1030 g/mol. The lowest BCUT2D eigenvalue weighted by atomic mass is 10.0. The number of hydrogen-bond donors (Lipinski definition) is 1. The third-order valence-corrected chi connectivity index (χ3v) is 55.9. The molecule has 4 heterocycles. The Kier molecular flexibility index (Phi) is 14.1. The maximum absolute atomic E-state index is 14.3. The van der Waals surface area contributed by atoms with Crippen LogP contribution in [0.5, 0.6) is 0 Å². The van der Waals surface area contributed by atoms with Crippen LogP contribution in [-0.4, -0.2) is 75.0 Å². The zero-order valence-electron chi connectivity index (χ0n) is 39.7. The van der Waals surface area contributed by atoms with Crippen LogP contribution in [0.2, 0.25) is 51.9 Å². The fourth-order valence-corrected chi connectivity index (χ4v) is 66.6. The molecular formula is C44H84O12Si8. The van der Waals surface area contributed by atoms with E-state index in [0.717, 1.165) is 186 Å². The van der Waals surface area contributed by atoms with E-state index in [1.807, 2.05) is 0 Å². The Morgan fingerprint density at radius 1 is 0.234 bits per heavy atom. The molecule has 4 unspecified atom stereocenters. The Bertz CT molecular complexity index is 1520. The van der Waals surface area contributed by atoms with E-state index in [9.17, 15) is 4.80 Å². The molecule has 12 nitrogen and oxygen atoms in total. The maximum atomic E-state index is 14.3. The molecule has 0 radical (unpaired) electrons. The van der Waals surface area contributed by atoms with Gasteiger partial charge >= 0.3 is 70.2 Å². The normalized spacial score (nSPS) is 45.8. The number of hydrogen-bond acceptors (Lipinski definition) is 12. The van der Waals surface area contributed by atoms with Gasteiger partial charge in [-0.1, -0.05) is 135 Å². The number of rotatable bonds is 7. The Morgan fingerprint density at radius 2 is 0.406 bits per heavy atom. The summed E-state index contributed by atoms with van der Waals surface area (Å²) in [7, 11) is -31.6. The van der Waals surface area contributed by atoms with Crippen molar-refractivity contribution in [3.05, 3.63) is 0 Å². The lowest BCUT2D eigenvalue weighted by molar-refractivity contribution is -0.0250. The summed E-state index contributed by atoms with van der Waals surface area (Å²) in [6.45, 7) is 4.46. The molecule has 64 heavy (non-hydrogen) atoms. The second kappa shape index (κ2) is 19.0. The van der Waals surface area contributed by atoms with Crippen molar-refractivity contribution in [3.8, 4) is 0 Å². The number of fused-ring (bicyclic) bond motifs is 4. The van der Waals surface area contributed by atoms with Gasteiger partial charge in [0.05, 0.1) is 0 Å². The van der Waals surface area contributed by atoms with Gasteiger partial charge in [0.2, 0.25) is 0 Å². The van der Waals surface area contributed by atoms with Crippen molar-refractivity contribution in [1.29, 1.82) is 0 Å². The molecule has 11 aliphatic rings. The molecule has 1 N–H and O–H groups in total. The molecule has 6 bridgehead atoms. The first-order valence-electron chi connectivity index (χ1n) is 27.5. The van der Waals surface area contributed by atoms with Crippen LogP contribution in [0.1, 0.15) is 225 Å². The molecule has 4 saturated heterocycles. The predicted octanol–water partition coefficient (Wildman–Crippen LogP) is 12.8. The predicted molar refractivity (Wildman–Crippen MR) is 260 cm³/mol. The van der Waals surface area contributed by atoms with E-state index in [1.165, 1.54) is 38.5 Å². The van der Waals surface area contributed by atoms with E-state index < -0.39 is 70.2 Å². The first-order chi connectivity index (χ1) is 31.0. The van der Waals surface area contributed by atoms with E-state index in [-0.39, 0.29) is 38.8 Å². The van der Waals surface area contributed by atoms with E-state index in [2.05, 4.69) is 13.1 Å². The molecule has 0 spiro atoms. The third-order valence-electron chi connectivity index (χ3n) is 18.1. The van der Waals surface area contributed by atoms with Crippen molar-refractivity contribution in [2.24, 2.45) is 0 Å². The molecule has 11 rings (SSSR count). The van der Waals surface area contributed by atoms with Gasteiger partial charge in [-0.2, -0.15) is 0 Å². The topological polar surface area (TPSA) is 122 Å². The summed E-state index contributed by atoms with van der Waals surface area (Å²) in [5.41, 5.74) is -0.110. The van der Waals surface area contributed by atoms with Gasteiger partial charge in [-0.05, 0) is 103 Å². The van der Waals surface area contributed by atoms with E-state index in [0.29, 0.717) is 0 Å². The van der Waals surface area contributed by atoms with E-state index in [1.54, 1.807) is 0 Å². The summed E-state index contributed by atoms with van der Waals surface area (Å²) in [6, 6.07) is 0. The van der Waals surface area contributed by atoms with Crippen LogP contribution < -0.4 is 0 Å². The van der Waals surface area contributed by atoms with Gasteiger partial charge in [-0.15, -0.1) is 0 Å². The average molecular weight is 1030 g/mol. The average Bonchev–Trinajstić information content (AvgIpc) is 3.31. The molecule has 20 heteroatoms. The third kappa shape index (κ3) is 8.98. The summed E-state index contributed by atoms with van der Waals surface area (Å²) in [5, 5.41) is 0. The quantitative estimate of drug-likeness (QED) is 0.244. The summed E-state index contributed by atoms with van der Waals surface area (Å²) >= 11 is 0. The molecule has 4 aliphatic heterocycles. The van der Waals surface area contributed by atoms with Crippen molar-refractivity contribution in [2.75, 3.05) is 0 Å². The van der Waals surface area contributed by atoms with E-state index >= 15 is 0 Å². The fourth-order valence-electron chi connectivity index (χ4n) is 14.8. The molecule has 11 fully saturated rings. The summed E-state index contributed by atoms with van der Waals surface area (Å²) < 4.78 is 92.2. The van der Waals surface area contributed by atoms with Gasteiger partial charge in [0.1, 0.15) is 0 Å². The van der Waals surface area contributed by atoms with Crippen molar-refractivity contribution in [2.45, 2.75) is 277 Å². The molecule has 0 aromatic heterocycles. The minimum absolute atomic E-state index is 0.0140. The van der Waals surface area contributed by atoms with Crippen LogP contribution in [0.4, 0.5) is 0 Å². The van der Waals surface area contributed by atoms with Crippen LogP contribution >= 0.6 is 0 Å². The van der Waals surface area contributed by atoms with Gasteiger partial charge in [0.15, 0.2) is 0 Å². The van der Waals surface area contributed by atoms with Gasteiger partial charge in [0, 0.05) is 38.8 Å². The first kappa shape index (κ1) is 47.6. The molecule has 7 saturated carbocycles. The lowest BCUT2D eigenvalue weighted by Crippen LogP contribution is -2.87. The highest BCUT2D eigenvalue weighted by Gasteiger charge is 2.84. The highest BCUT2D eigenvalue weighted by Crippen LogP contribution is 2.63. The van der Waals surface area contributed by atoms with Gasteiger partial charge in [-0.25, -0.2) is 0 Å². The Labute approximate surface area is 394 Å². The smallest absolute Gasteiger partial charge is 0.394 e. The van der Waals surface area contributed by atoms with Crippen LogP contribution in [0.15, 0.2) is 0 Å². The summed E-state index contributed by atoms with van der Waals surface area (Å²) in [6.07, 6.45) is 36.7. The zero-order valence-corrected chi connectivity index (χ0v) is 47.7. The summed E-state index contributed by atoms with van der Waals surface area (Å²) in [4.78, 5) is 14.3. The van der Waals surface area contributed by atoms with Crippen molar-refractivity contribution in [1.82, 2.24) is 0 Å². The minimum Gasteiger partial charge on any atom is -0.394 e. The molecule has 364 valence electrons.